The monoisotopic (exact) mass is 229 g/mol. The fraction of sp³-hybridized carbons (Fsp3) is 0.417. The average molecular weight is 229 g/mol. The normalized spacial score (nSPS) is 16.2. The summed E-state index contributed by atoms with van der Waals surface area (Å²) < 4.78 is 1.65. The van der Waals surface area contributed by atoms with Crippen molar-refractivity contribution >= 4 is 5.69 Å². The van der Waals surface area contributed by atoms with Crippen molar-refractivity contribution in [2.24, 2.45) is 0 Å². The summed E-state index contributed by atoms with van der Waals surface area (Å²) in [4.78, 5) is 8.26. The van der Waals surface area contributed by atoms with Crippen LogP contribution >= 0.6 is 0 Å². The summed E-state index contributed by atoms with van der Waals surface area (Å²) in [5.74, 6) is 0.791. The number of pyridine rings is 1. The first-order valence-electron chi connectivity index (χ1n) is 5.99. The van der Waals surface area contributed by atoms with Crippen LogP contribution in [0.2, 0.25) is 0 Å². The Kier molecular flexibility index (Phi) is 2.73. The largest absolute Gasteiger partial charge is 0.381 e. The zero-order chi connectivity index (χ0) is 11.5. The van der Waals surface area contributed by atoms with Gasteiger partial charge >= 0.3 is 0 Å². The molecule has 0 spiro atoms. The Morgan fingerprint density at radius 3 is 2.76 bits per heavy atom. The number of hydrogen-bond donors (Lipinski definition) is 1. The maximum Gasteiger partial charge on any atom is 0.155 e. The Morgan fingerprint density at radius 2 is 2.12 bits per heavy atom. The van der Waals surface area contributed by atoms with Gasteiger partial charge in [-0.05, 0) is 25.0 Å². The van der Waals surface area contributed by atoms with Crippen molar-refractivity contribution in [2.75, 3.05) is 5.32 Å². The summed E-state index contributed by atoms with van der Waals surface area (Å²) in [7, 11) is 0. The minimum atomic E-state index is 0.619. The molecule has 1 aliphatic carbocycles. The van der Waals surface area contributed by atoms with Crippen molar-refractivity contribution in [3.8, 4) is 5.82 Å². The van der Waals surface area contributed by atoms with Crippen LogP contribution in [0.25, 0.3) is 5.82 Å². The highest BCUT2D eigenvalue weighted by Gasteiger charge is 2.14. The Morgan fingerprint density at radius 1 is 1.24 bits per heavy atom. The van der Waals surface area contributed by atoms with Crippen LogP contribution in [0, 0.1) is 0 Å². The predicted octanol–water partition coefficient (Wildman–Crippen LogP) is 2.02. The van der Waals surface area contributed by atoms with E-state index in [9.17, 15) is 0 Å². The molecule has 0 amide bonds. The van der Waals surface area contributed by atoms with E-state index in [4.69, 9.17) is 0 Å². The quantitative estimate of drug-likeness (QED) is 0.874. The molecule has 0 radical (unpaired) electrons. The number of nitrogens with zero attached hydrogens (tertiary/aromatic N) is 4. The van der Waals surface area contributed by atoms with Crippen LogP contribution in [0.5, 0.6) is 0 Å². The van der Waals surface area contributed by atoms with Crippen LogP contribution in [-0.4, -0.2) is 25.8 Å². The topological polar surface area (TPSA) is 55.6 Å². The molecule has 88 valence electrons. The summed E-state index contributed by atoms with van der Waals surface area (Å²) in [6, 6.07) is 4.61. The van der Waals surface area contributed by atoms with E-state index >= 15 is 0 Å². The summed E-state index contributed by atoms with van der Waals surface area (Å²) in [5, 5.41) is 7.55. The highest BCUT2D eigenvalue weighted by Crippen LogP contribution is 2.22. The van der Waals surface area contributed by atoms with Crippen LogP contribution in [0.3, 0.4) is 0 Å². The third kappa shape index (κ3) is 2.27. The van der Waals surface area contributed by atoms with E-state index in [-0.39, 0.29) is 0 Å². The molecule has 5 nitrogen and oxygen atoms in total. The maximum atomic E-state index is 4.36. The zero-order valence-electron chi connectivity index (χ0n) is 9.58. The molecule has 0 saturated heterocycles. The van der Waals surface area contributed by atoms with E-state index in [1.165, 1.54) is 32.0 Å². The lowest BCUT2D eigenvalue weighted by Crippen LogP contribution is -2.14. The standard InChI is InChI=1S/C12H15N5/c1-2-4-10(3-1)16-11-5-6-12(14-7-11)17-9-13-8-15-17/h5-10,16H,1-4H2. The molecular weight excluding hydrogens is 214 g/mol. The highest BCUT2D eigenvalue weighted by molar-refractivity contribution is 5.44. The van der Waals surface area contributed by atoms with Gasteiger partial charge in [-0.1, -0.05) is 12.8 Å². The summed E-state index contributed by atoms with van der Waals surface area (Å²) in [5.41, 5.74) is 1.08. The Balaban J connectivity index is 1.71. The van der Waals surface area contributed by atoms with Crippen LogP contribution in [0.1, 0.15) is 25.7 Å². The lowest BCUT2D eigenvalue weighted by atomic mass is 10.2. The van der Waals surface area contributed by atoms with Crippen molar-refractivity contribution in [1.82, 2.24) is 19.7 Å². The van der Waals surface area contributed by atoms with E-state index in [1.807, 2.05) is 18.3 Å². The molecule has 2 heterocycles. The van der Waals surface area contributed by atoms with E-state index in [1.54, 1.807) is 11.0 Å². The van der Waals surface area contributed by atoms with Gasteiger partial charge in [-0.15, -0.1) is 0 Å². The van der Waals surface area contributed by atoms with Gasteiger partial charge in [0.05, 0.1) is 11.9 Å². The molecule has 17 heavy (non-hydrogen) atoms. The summed E-state index contributed by atoms with van der Waals surface area (Å²) >= 11 is 0. The van der Waals surface area contributed by atoms with Crippen LogP contribution < -0.4 is 5.32 Å². The van der Waals surface area contributed by atoms with Gasteiger partial charge in [-0.2, -0.15) is 5.10 Å². The van der Waals surface area contributed by atoms with E-state index in [0.29, 0.717) is 6.04 Å². The highest BCUT2D eigenvalue weighted by atomic mass is 15.3. The second-order valence-corrected chi connectivity index (χ2v) is 4.37. The second-order valence-electron chi connectivity index (χ2n) is 4.37. The Bertz CT molecular complexity index is 456. The van der Waals surface area contributed by atoms with Crippen LogP contribution in [-0.2, 0) is 0 Å². The first-order valence-corrected chi connectivity index (χ1v) is 5.99. The molecule has 0 unspecified atom stereocenters. The number of hydrogen-bond acceptors (Lipinski definition) is 4. The molecule has 5 heteroatoms. The summed E-state index contributed by atoms with van der Waals surface area (Å²) in [6.45, 7) is 0. The molecule has 0 bridgehead atoms. The maximum absolute atomic E-state index is 4.36. The molecule has 0 aliphatic heterocycles. The van der Waals surface area contributed by atoms with Crippen molar-refractivity contribution in [1.29, 1.82) is 0 Å². The van der Waals surface area contributed by atoms with Gasteiger partial charge in [0.25, 0.3) is 0 Å². The fourth-order valence-corrected chi connectivity index (χ4v) is 2.24. The number of rotatable bonds is 3. The zero-order valence-corrected chi connectivity index (χ0v) is 9.58. The SMILES string of the molecule is c1ncn(-c2ccc(NC3CCCC3)cn2)n1. The van der Waals surface area contributed by atoms with Gasteiger partial charge in [0, 0.05) is 6.04 Å². The third-order valence-electron chi connectivity index (χ3n) is 3.13. The lowest BCUT2D eigenvalue weighted by molar-refractivity contribution is 0.754. The molecule has 1 fully saturated rings. The minimum Gasteiger partial charge on any atom is -0.381 e. The minimum absolute atomic E-state index is 0.619. The van der Waals surface area contributed by atoms with Gasteiger partial charge in [-0.25, -0.2) is 14.6 Å². The molecular formula is C12H15N5. The molecule has 0 atom stereocenters. The van der Waals surface area contributed by atoms with Gasteiger partial charge in [0.15, 0.2) is 5.82 Å². The number of aromatic nitrogens is 4. The fourth-order valence-electron chi connectivity index (χ4n) is 2.24. The van der Waals surface area contributed by atoms with Gasteiger partial charge in [0.2, 0.25) is 0 Å². The Hall–Kier alpha value is -1.91. The first-order chi connectivity index (χ1) is 8.42. The van der Waals surface area contributed by atoms with E-state index in [0.717, 1.165) is 11.5 Å². The molecule has 1 saturated carbocycles. The van der Waals surface area contributed by atoms with Crippen molar-refractivity contribution in [3.63, 3.8) is 0 Å². The molecule has 3 rings (SSSR count). The van der Waals surface area contributed by atoms with Gasteiger partial charge in [-0.3, -0.25) is 0 Å². The molecule has 1 aliphatic rings. The van der Waals surface area contributed by atoms with Gasteiger partial charge in [0.1, 0.15) is 12.7 Å². The van der Waals surface area contributed by atoms with E-state index in [2.05, 4.69) is 20.4 Å². The average Bonchev–Trinajstić information content (AvgIpc) is 3.01. The van der Waals surface area contributed by atoms with Crippen LogP contribution in [0.4, 0.5) is 5.69 Å². The second kappa shape index (κ2) is 4.53. The van der Waals surface area contributed by atoms with Crippen LogP contribution in [0.15, 0.2) is 31.0 Å². The molecule has 2 aromatic rings. The lowest BCUT2D eigenvalue weighted by Gasteiger charge is -2.13. The van der Waals surface area contributed by atoms with E-state index < -0.39 is 0 Å². The van der Waals surface area contributed by atoms with Crippen molar-refractivity contribution in [2.45, 2.75) is 31.7 Å². The third-order valence-corrected chi connectivity index (χ3v) is 3.13. The smallest absolute Gasteiger partial charge is 0.155 e. The molecule has 2 aromatic heterocycles. The van der Waals surface area contributed by atoms with Crippen molar-refractivity contribution in [3.05, 3.63) is 31.0 Å². The Labute approximate surface area is 99.9 Å². The van der Waals surface area contributed by atoms with Crippen molar-refractivity contribution < 1.29 is 0 Å². The van der Waals surface area contributed by atoms with Gasteiger partial charge < -0.3 is 5.32 Å². The first kappa shape index (κ1) is 10.3. The molecule has 1 N–H and O–H groups in total. The number of anilines is 1. The number of nitrogens with one attached hydrogen (secondary N) is 1. The summed E-state index contributed by atoms with van der Waals surface area (Å²) in [6.07, 6.45) is 10.2. The predicted molar refractivity (Wildman–Crippen MR) is 65.0 cm³/mol. The molecule has 0 aromatic carbocycles.